The Balaban J connectivity index is 2.39. The second-order valence-corrected chi connectivity index (χ2v) is 4.29. The van der Waals surface area contributed by atoms with Gasteiger partial charge in [0.25, 0.3) is 0 Å². The van der Waals surface area contributed by atoms with Gasteiger partial charge in [-0.1, -0.05) is 23.3 Å². The Morgan fingerprint density at radius 1 is 1.39 bits per heavy atom. The number of nitrogen functional groups attached to an aromatic ring is 1. The number of nitrogens with two attached hydrogens (primary N) is 2. The number of nitrogens with zero attached hydrogens (tertiary/aromatic N) is 5. The van der Waals surface area contributed by atoms with Gasteiger partial charge >= 0.3 is 12.1 Å². The molecule has 0 saturated heterocycles. The van der Waals surface area contributed by atoms with Gasteiger partial charge in [-0.25, -0.2) is 19.6 Å². The molecule has 1 heterocycles. The maximum absolute atomic E-state index is 11.7. The van der Waals surface area contributed by atoms with Crippen molar-refractivity contribution in [3.8, 4) is 11.3 Å². The predicted molar refractivity (Wildman–Crippen MR) is 79.7 cm³/mol. The normalized spacial score (nSPS) is 9.74. The summed E-state index contributed by atoms with van der Waals surface area (Å²) in [6, 6.07) is 6.95. The summed E-state index contributed by atoms with van der Waals surface area (Å²) in [6.07, 6.45) is 0.0984. The monoisotopic (exact) mass is 313 g/mol. The smallest absolute Gasteiger partial charge is 0.382 e. The number of anilines is 1. The number of carbonyl (C=O) groups is 2. The molecule has 0 aliphatic rings. The molecule has 116 valence electrons. The summed E-state index contributed by atoms with van der Waals surface area (Å²) < 4.78 is 4.25. The van der Waals surface area contributed by atoms with Crippen LogP contribution in [0.3, 0.4) is 0 Å². The lowest BCUT2D eigenvalue weighted by atomic mass is 10.1. The highest BCUT2D eigenvalue weighted by molar-refractivity contribution is 5.98. The van der Waals surface area contributed by atoms with Crippen molar-refractivity contribution in [3.63, 3.8) is 0 Å². The van der Waals surface area contributed by atoms with Crippen molar-refractivity contribution >= 4 is 17.9 Å². The lowest BCUT2D eigenvalue weighted by Gasteiger charge is -2.06. The van der Waals surface area contributed by atoms with Crippen LogP contribution in [-0.4, -0.2) is 22.0 Å². The molecule has 0 radical (unpaired) electrons. The first-order valence-electron chi connectivity index (χ1n) is 6.25. The third kappa shape index (κ3) is 3.93. The lowest BCUT2D eigenvalue weighted by Crippen LogP contribution is -2.20. The fraction of sp³-hybridized carbons (Fsp3) is 0.0769. The number of ether oxygens (including phenoxy) is 1. The largest absolute Gasteiger partial charge is 0.412 e. The average Bonchev–Trinajstić information content (AvgIpc) is 2.53. The van der Waals surface area contributed by atoms with Crippen molar-refractivity contribution in [1.29, 1.82) is 0 Å². The van der Waals surface area contributed by atoms with Crippen LogP contribution in [-0.2, 0) is 11.3 Å². The average molecular weight is 313 g/mol. The molecule has 23 heavy (non-hydrogen) atoms. The van der Waals surface area contributed by atoms with Gasteiger partial charge in [-0.2, -0.15) is 0 Å². The number of aromatic nitrogens is 2. The summed E-state index contributed by atoms with van der Waals surface area (Å²) in [7, 11) is 0. The number of benzene rings is 1. The molecule has 10 nitrogen and oxygen atoms in total. The van der Waals surface area contributed by atoms with E-state index in [-0.39, 0.29) is 18.1 Å². The molecule has 0 fully saturated rings. The number of primary amides is 1. The van der Waals surface area contributed by atoms with Crippen molar-refractivity contribution in [3.05, 3.63) is 52.2 Å². The van der Waals surface area contributed by atoms with Crippen LogP contribution in [0.5, 0.6) is 0 Å². The molecule has 1 aromatic heterocycles. The number of amides is 1. The van der Waals surface area contributed by atoms with Crippen LogP contribution in [0.25, 0.3) is 21.7 Å². The molecule has 0 aliphatic carbocycles. The molecular weight excluding hydrogens is 302 g/mol. The number of rotatable bonds is 4. The van der Waals surface area contributed by atoms with Gasteiger partial charge in [-0.05, 0) is 17.2 Å². The Morgan fingerprint density at radius 2 is 2.17 bits per heavy atom. The summed E-state index contributed by atoms with van der Waals surface area (Å²) >= 11 is 0. The molecule has 0 bridgehead atoms. The van der Waals surface area contributed by atoms with Gasteiger partial charge in [0.2, 0.25) is 0 Å². The van der Waals surface area contributed by atoms with E-state index in [2.05, 4.69) is 24.7 Å². The molecule has 0 spiro atoms. The van der Waals surface area contributed by atoms with Gasteiger partial charge in [0, 0.05) is 10.5 Å². The van der Waals surface area contributed by atoms with Gasteiger partial charge < -0.3 is 16.2 Å². The standard InChI is InChI=1S/C13H11N7O3/c14-11-10(12(21)23-13(15)22)19-9(6-17-11)8-3-1-2-7(4-8)5-18-20-16/h1-4,6H,5H2,(H2,14,17)(H2,15,22). The molecule has 0 aliphatic heterocycles. The molecule has 10 heteroatoms. The number of esters is 1. The highest BCUT2D eigenvalue weighted by Gasteiger charge is 2.18. The highest BCUT2D eigenvalue weighted by atomic mass is 16.6. The van der Waals surface area contributed by atoms with E-state index in [9.17, 15) is 9.59 Å². The summed E-state index contributed by atoms with van der Waals surface area (Å²) in [4.78, 5) is 32.9. The minimum absolute atomic E-state index is 0.170. The first kappa shape index (κ1) is 15.7. The second-order valence-electron chi connectivity index (χ2n) is 4.29. The van der Waals surface area contributed by atoms with Crippen molar-refractivity contribution in [2.45, 2.75) is 6.54 Å². The van der Waals surface area contributed by atoms with Crippen LogP contribution in [0.4, 0.5) is 10.6 Å². The van der Waals surface area contributed by atoms with E-state index >= 15 is 0 Å². The molecule has 1 amide bonds. The Bertz CT molecular complexity index is 815. The van der Waals surface area contributed by atoms with Gasteiger partial charge in [-0.3, -0.25) is 0 Å². The quantitative estimate of drug-likeness (QED) is 0.286. The lowest BCUT2D eigenvalue weighted by molar-refractivity contribution is 0.0633. The molecule has 0 atom stereocenters. The van der Waals surface area contributed by atoms with Gasteiger partial charge in [0.15, 0.2) is 11.5 Å². The fourth-order valence-electron chi connectivity index (χ4n) is 1.77. The maximum Gasteiger partial charge on any atom is 0.412 e. The van der Waals surface area contributed by atoms with E-state index in [1.807, 2.05) is 0 Å². The van der Waals surface area contributed by atoms with Crippen LogP contribution in [0.15, 0.2) is 35.6 Å². The van der Waals surface area contributed by atoms with Gasteiger partial charge in [0.1, 0.15) is 0 Å². The first-order chi connectivity index (χ1) is 11.0. The van der Waals surface area contributed by atoms with Crippen LogP contribution < -0.4 is 11.5 Å². The summed E-state index contributed by atoms with van der Waals surface area (Å²) in [5.74, 6) is -1.28. The molecule has 0 unspecified atom stereocenters. The minimum atomic E-state index is -1.27. The van der Waals surface area contributed by atoms with Gasteiger partial charge in [-0.15, -0.1) is 0 Å². The molecule has 2 aromatic rings. The second kappa shape index (κ2) is 6.87. The van der Waals surface area contributed by atoms with E-state index in [1.165, 1.54) is 6.20 Å². The zero-order valence-electron chi connectivity index (χ0n) is 11.7. The SMILES string of the molecule is [N-]=[N+]=NCc1cccc(-c2cnc(N)c(C(=O)OC(N)=O)n2)c1. The molecule has 2 rings (SSSR count). The Morgan fingerprint density at radius 3 is 2.87 bits per heavy atom. The van der Waals surface area contributed by atoms with E-state index in [1.54, 1.807) is 24.3 Å². The van der Waals surface area contributed by atoms with E-state index in [0.29, 0.717) is 11.3 Å². The zero-order chi connectivity index (χ0) is 16.8. The van der Waals surface area contributed by atoms with Crippen LogP contribution in [0, 0.1) is 0 Å². The minimum Gasteiger partial charge on any atom is -0.382 e. The van der Waals surface area contributed by atoms with Crippen molar-refractivity contribution in [1.82, 2.24) is 9.97 Å². The Kier molecular flexibility index (Phi) is 4.70. The van der Waals surface area contributed by atoms with Gasteiger partial charge in [0.05, 0.1) is 18.4 Å². The molecular formula is C13H11N7O3. The molecule has 4 N–H and O–H groups in total. The summed E-state index contributed by atoms with van der Waals surface area (Å²) in [5.41, 5.74) is 20.1. The fourth-order valence-corrected chi connectivity index (χ4v) is 1.77. The maximum atomic E-state index is 11.7. The third-order valence-corrected chi connectivity index (χ3v) is 2.73. The predicted octanol–water partition coefficient (Wildman–Crippen LogP) is 1.77. The molecule has 0 saturated carbocycles. The Labute approximate surface area is 129 Å². The zero-order valence-corrected chi connectivity index (χ0v) is 11.7. The van der Waals surface area contributed by atoms with Crippen molar-refractivity contribution in [2.24, 2.45) is 10.8 Å². The number of azide groups is 1. The van der Waals surface area contributed by atoms with E-state index < -0.39 is 12.1 Å². The Hall–Kier alpha value is -3.65. The number of carbonyl (C=O) groups excluding carboxylic acids is 2. The van der Waals surface area contributed by atoms with Crippen LogP contribution in [0.2, 0.25) is 0 Å². The topological polar surface area (TPSA) is 170 Å². The third-order valence-electron chi connectivity index (χ3n) is 2.73. The number of hydrogen-bond donors (Lipinski definition) is 2. The highest BCUT2D eigenvalue weighted by Crippen LogP contribution is 2.20. The van der Waals surface area contributed by atoms with E-state index in [4.69, 9.17) is 17.0 Å². The summed E-state index contributed by atoms with van der Waals surface area (Å²) in [6.45, 7) is 0.170. The van der Waals surface area contributed by atoms with Crippen molar-refractivity contribution < 1.29 is 14.3 Å². The first-order valence-corrected chi connectivity index (χ1v) is 6.25. The van der Waals surface area contributed by atoms with Crippen LogP contribution >= 0.6 is 0 Å². The van der Waals surface area contributed by atoms with E-state index in [0.717, 1.165) is 5.56 Å². The van der Waals surface area contributed by atoms with Crippen LogP contribution in [0.1, 0.15) is 16.1 Å². The van der Waals surface area contributed by atoms with Crippen molar-refractivity contribution in [2.75, 3.05) is 5.73 Å². The number of hydrogen-bond acceptors (Lipinski definition) is 7. The molecule has 1 aromatic carbocycles. The summed E-state index contributed by atoms with van der Waals surface area (Å²) in [5, 5.41) is 3.47.